The van der Waals surface area contributed by atoms with E-state index in [1.165, 1.54) is 13.2 Å². The highest BCUT2D eigenvalue weighted by atomic mass is 35.5. The van der Waals surface area contributed by atoms with E-state index in [0.717, 1.165) is 16.0 Å². The number of hydrogen-bond donors (Lipinski definition) is 2. The van der Waals surface area contributed by atoms with Gasteiger partial charge in [0.25, 0.3) is 5.91 Å². The van der Waals surface area contributed by atoms with E-state index in [9.17, 15) is 14.7 Å². The molecular weight excluding hydrogens is 464 g/mol. The van der Waals surface area contributed by atoms with Crippen molar-refractivity contribution in [1.29, 1.82) is 0 Å². The normalized spacial score (nSPS) is 15.6. The van der Waals surface area contributed by atoms with E-state index in [4.69, 9.17) is 33.0 Å². The number of furan rings is 1. The Balaban J connectivity index is 1.56. The van der Waals surface area contributed by atoms with Crippen LogP contribution in [0.3, 0.4) is 0 Å². The lowest BCUT2D eigenvalue weighted by atomic mass is 10.0. The van der Waals surface area contributed by atoms with E-state index < -0.39 is 17.9 Å². The minimum Gasteiger partial charge on any atom is -0.495 e. The van der Waals surface area contributed by atoms with Crippen LogP contribution in [0, 0.1) is 0 Å². The number of carbonyl (C=O) groups is 2. The maximum Gasteiger partial charge on any atom is 0.327 e. The van der Waals surface area contributed by atoms with E-state index in [-0.39, 0.29) is 17.2 Å². The topological polar surface area (TPSA) is 92.0 Å². The zero-order chi connectivity index (χ0) is 23.5. The smallest absolute Gasteiger partial charge is 0.327 e. The molecule has 0 radical (unpaired) electrons. The number of thiocarbonyl (C=S) groups is 1. The van der Waals surface area contributed by atoms with Crippen LogP contribution >= 0.6 is 23.8 Å². The summed E-state index contributed by atoms with van der Waals surface area (Å²) < 4.78 is 11.0. The molecular formula is C24H19ClN2O5S. The van der Waals surface area contributed by atoms with Gasteiger partial charge >= 0.3 is 5.97 Å². The molecule has 4 rings (SSSR count). The summed E-state index contributed by atoms with van der Waals surface area (Å²) in [6.45, 7) is 0. The average Bonchev–Trinajstić information content (AvgIpc) is 3.37. The summed E-state index contributed by atoms with van der Waals surface area (Å²) in [5.74, 6) is -0.189. The van der Waals surface area contributed by atoms with Gasteiger partial charge in [0.1, 0.15) is 29.0 Å². The SMILES string of the molecule is COc1ccc(-c2ccc(/C=C3/NC(=S)N(C(Cc4ccccc4)C(=O)O)C3=O)o2)cc1Cl. The lowest BCUT2D eigenvalue weighted by Crippen LogP contribution is -2.46. The highest BCUT2D eigenvalue weighted by molar-refractivity contribution is 7.80. The first-order valence-corrected chi connectivity index (χ1v) is 10.7. The molecule has 1 saturated heterocycles. The third-order valence-corrected chi connectivity index (χ3v) is 5.72. The molecule has 2 heterocycles. The Morgan fingerprint density at radius 3 is 2.67 bits per heavy atom. The molecule has 168 valence electrons. The number of hydrogen-bond acceptors (Lipinski definition) is 5. The van der Waals surface area contributed by atoms with Crippen molar-refractivity contribution in [3.05, 3.63) is 82.7 Å². The van der Waals surface area contributed by atoms with Crippen molar-refractivity contribution < 1.29 is 23.8 Å². The fraction of sp³-hybridized carbons (Fsp3) is 0.125. The van der Waals surface area contributed by atoms with E-state index in [1.807, 2.05) is 18.2 Å². The van der Waals surface area contributed by atoms with Crippen molar-refractivity contribution in [2.24, 2.45) is 0 Å². The molecule has 7 nitrogen and oxygen atoms in total. The molecule has 3 aromatic rings. The predicted octanol–water partition coefficient (Wildman–Crippen LogP) is 4.36. The molecule has 1 amide bonds. The van der Waals surface area contributed by atoms with E-state index in [1.54, 1.807) is 42.5 Å². The second-order valence-corrected chi connectivity index (χ2v) is 8.05. The van der Waals surface area contributed by atoms with Gasteiger partial charge in [0.15, 0.2) is 5.11 Å². The Morgan fingerprint density at radius 2 is 2.00 bits per heavy atom. The number of nitrogens with zero attached hydrogens (tertiary/aromatic N) is 1. The Morgan fingerprint density at radius 1 is 1.24 bits per heavy atom. The van der Waals surface area contributed by atoms with Crippen LogP contribution in [-0.4, -0.2) is 40.1 Å². The zero-order valence-electron chi connectivity index (χ0n) is 17.4. The van der Waals surface area contributed by atoms with Crippen LogP contribution in [-0.2, 0) is 16.0 Å². The lowest BCUT2D eigenvalue weighted by molar-refractivity contribution is -0.145. The third-order valence-electron chi connectivity index (χ3n) is 5.13. The number of methoxy groups -OCH3 is 1. The predicted molar refractivity (Wildman–Crippen MR) is 128 cm³/mol. The van der Waals surface area contributed by atoms with Gasteiger partial charge in [-0.1, -0.05) is 41.9 Å². The van der Waals surface area contributed by atoms with E-state index in [0.29, 0.717) is 22.3 Å². The summed E-state index contributed by atoms with van der Waals surface area (Å²) in [5, 5.41) is 13.0. The average molecular weight is 483 g/mol. The molecule has 2 aromatic carbocycles. The maximum atomic E-state index is 13.0. The molecule has 0 saturated carbocycles. The van der Waals surface area contributed by atoms with E-state index in [2.05, 4.69) is 5.32 Å². The summed E-state index contributed by atoms with van der Waals surface area (Å²) in [7, 11) is 1.53. The Labute approximate surface area is 200 Å². The zero-order valence-corrected chi connectivity index (χ0v) is 19.0. The fourth-order valence-electron chi connectivity index (χ4n) is 3.51. The number of halogens is 1. The van der Waals surface area contributed by atoms with Crippen LogP contribution in [0.5, 0.6) is 5.75 Å². The van der Waals surface area contributed by atoms with Gasteiger partial charge in [-0.05, 0) is 48.1 Å². The minimum atomic E-state index is -1.14. The van der Waals surface area contributed by atoms with Crippen LogP contribution in [0.15, 0.2) is 70.8 Å². The standard InChI is InChI=1S/C24H19ClN2O5S/c1-31-21-9-7-15(12-17(21)25)20-10-8-16(32-20)13-18-22(28)27(24(33)26-18)19(23(29)30)11-14-5-3-2-4-6-14/h2-10,12-13,19H,11H2,1H3,(H,26,33)(H,29,30)/b18-13+. The quantitative estimate of drug-likeness (QED) is 0.382. The van der Waals surface area contributed by atoms with Crippen LogP contribution in [0.25, 0.3) is 17.4 Å². The lowest BCUT2D eigenvalue weighted by Gasteiger charge is -2.22. The third kappa shape index (κ3) is 4.76. The minimum absolute atomic E-state index is 0.0308. The molecule has 2 N–H and O–H groups in total. The molecule has 33 heavy (non-hydrogen) atoms. The second-order valence-electron chi connectivity index (χ2n) is 7.26. The number of benzene rings is 2. The number of nitrogens with one attached hydrogen (secondary N) is 1. The first-order valence-electron chi connectivity index (χ1n) is 9.94. The molecule has 1 fully saturated rings. The van der Waals surface area contributed by atoms with Gasteiger partial charge in [-0.2, -0.15) is 0 Å². The van der Waals surface area contributed by atoms with Crippen molar-refractivity contribution in [3.63, 3.8) is 0 Å². The summed E-state index contributed by atoms with van der Waals surface area (Å²) >= 11 is 11.5. The molecule has 1 atom stereocenters. The van der Waals surface area contributed by atoms with Crippen molar-refractivity contribution in [2.75, 3.05) is 7.11 Å². The molecule has 0 bridgehead atoms. The summed E-state index contributed by atoms with van der Waals surface area (Å²) in [4.78, 5) is 26.0. The number of aliphatic carboxylic acids is 1. The maximum absolute atomic E-state index is 13.0. The summed E-state index contributed by atoms with van der Waals surface area (Å²) in [6, 6.07) is 16.6. The number of carboxylic acids is 1. The highest BCUT2D eigenvalue weighted by Crippen LogP contribution is 2.31. The van der Waals surface area contributed by atoms with Gasteiger partial charge in [0.2, 0.25) is 0 Å². The fourth-order valence-corrected chi connectivity index (χ4v) is 4.08. The number of carboxylic acid groups (broad SMARTS) is 1. The van der Waals surface area contributed by atoms with Gasteiger partial charge in [-0.3, -0.25) is 9.69 Å². The van der Waals surface area contributed by atoms with Gasteiger partial charge in [0, 0.05) is 18.1 Å². The Kier molecular flexibility index (Phi) is 6.48. The molecule has 1 aliphatic rings. The van der Waals surface area contributed by atoms with Crippen LogP contribution in [0.2, 0.25) is 5.02 Å². The number of carbonyl (C=O) groups excluding carboxylic acids is 1. The molecule has 1 aliphatic heterocycles. The van der Waals surface area contributed by atoms with Gasteiger partial charge < -0.3 is 19.6 Å². The van der Waals surface area contributed by atoms with Crippen LogP contribution in [0.4, 0.5) is 0 Å². The van der Waals surface area contributed by atoms with Crippen LogP contribution < -0.4 is 10.1 Å². The molecule has 0 aliphatic carbocycles. The number of rotatable bonds is 7. The van der Waals surface area contributed by atoms with Gasteiger partial charge in [0.05, 0.1) is 12.1 Å². The van der Waals surface area contributed by atoms with E-state index >= 15 is 0 Å². The largest absolute Gasteiger partial charge is 0.495 e. The van der Waals surface area contributed by atoms with Crippen molar-refractivity contribution >= 4 is 46.9 Å². The monoisotopic (exact) mass is 482 g/mol. The highest BCUT2D eigenvalue weighted by Gasteiger charge is 2.39. The molecule has 9 heteroatoms. The second kappa shape index (κ2) is 9.48. The van der Waals surface area contributed by atoms with Gasteiger partial charge in [-0.15, -0.1) is 0 Å². The summed E-state index contributed by atoms with van der Waals surface area (Å²) in [6.07, 6.45) is 1.62. The summed E-state index contributed by atoms with van der Waals surface area (Å²) in [5.41, 5.74) is 1.65. The number of amides is 1. The van der Waals surface area contributed by atoms with Crippen molar-refractivity contribution in [3.8, 4) is 17.1 Å². The molecule has 1 unspecified atom stereocenters. The number of ether oxygens (including phenoxy) is 1. The van der Waals surface area contributed by atoms with Gasteiger partial charge in [-0.25, -0.2) is 4.79 Å². The first-order chi connectivity index (χ1) is 15.9. The van der Waals surface area contributed by atoms with Crippen molar-refractivity contribution in [1.82, 2.24) is 10.2 Å². The van der Waals surface area contributed by atoms with Crippen LogP contribution in [0.1, 0.15) is 11.3 Å². The molecule has 0 spiro atoms. The Bertz CT molecular complexity index is 1250. The first kappa shape index (κ1) is 22.6. The Hall–Kier alpha value is -3.62. The molecule has 1 aromatic heterocycles. The van der Waals surface area contributed by atoms with Crippen molar-refractivity contribution in [2.45, 2.75) is 12.5 Å².